The molecule has 0 bridgehead atoms. The van der Waals surface area contributed by atoms with Gasteiger partial charge >= 0.3 is 5.97 Å². The van der Waals surface area contributed by atoms with Crippen LogP contribution in [-0.2, 0) is 38.5 Å². The van der Waals surface area contributed by atoms with E-state index in [2.05, 4.69) is 10.2 Å². The highest BCUT2D eigenvalue weighted by molar-refractivity contribution is 5.96. The summed E-state index contributed by atoms with van der Waals surface area (Å²) >= 11 is 0. The largest absolute Gasteiger partial charge is 0.493 e. The highest BCUT2D eigenvalue weighted by Gasteiger charge is 2.52. The average Bonchev–Trinajstić information content (AvgIpc) is 3.70. The topological polar surface area (TPSA) is 119 Å². The number of hydrogen-bond acceptors (Lipinski definition) is 9. The summed E-state index contributed by atoms with van der Waals surface area (Å²) in [6, 6.07) is 8.76. The van der Waals surface area contributed by atoms with Crippen molar-refractivity contribution in [1.29, 1.82) is 0 Å². The molecule has 11 heteroatoms. The van der Waals surface area contributed by atoms with Crippen molar-refractivity contribution in [2.45, 2.75) is 64.3 Å². The van der Waals surface area contributed by atoms with Crippen molar-refractivity contribution in [2.24, 2.45) is 5.92 Å². The molecular formula is C33H43N3O8. The van der Waals surface area contributed by atoms with Crippen molar-refractivity contribution in [3.63, 3.8) is 0 Å². The van der Waals surface area contributed by atoms with Crippen molar-refractivity contribution in [3.05, 3.63) is 47.0 Å². The number of ether oxygens (including phenoxy) is 5. The number of nitrogens with zero attached hydrogens (tertiary/aromatic N) is 2. The Balaban J connectivity index is 1.14. The van der Waals surface area contributed by atoms with Gasteiger partial charge in [0.05, 0.1) is 21.3 Å². The summed E-state index contributed by atoms with van der Waals surface area (Å²) in [5, 5.41) is 2.86. The second kappa shape index (κ2) is 13.9. The van der Waals surface area contributed by atoms with Crippen LogP contribution in [0.1, 0.15) is 43.4 Å². The van der Waals surface area contributed by atoms with E-state index in [4.69, 9.17) is 23.7 Å². The molecule has 0 unspecified atom stereocenters. The summed E-state index contributed by atoms with van der Waals surface area (Å²) in [7, 11) is 4.77. The van der Waals surface area contributed by atoms with Gasteiger partial charge in [0, 0.05) is 38.3 Å². The first-order valence-corrected chi connectivity index (χ1v) is 15.3. The third-order valence-corrected chi connectivity index (χ3v) is 8.46. The van der Waals surface area contributed by atoms with Crippen LogP contribution in [0.5, 0.6) is 23.0 Å². The predicted octanol–water partition coefficient (Wildman–Crippen LogP) is 2.75. The molecule has 3 atom stereocenters. The fraction of sp³-hybridized carbons (Fsp3) is 0.545. The van der Waals surface area contributed by atoms with E-state index >= 15 is 0 Å². The summed E-state index contributed by atoms with van der Waals surface area (Å²) in [5.41, 5.74) is 3.44. The van der Waals surface area contributed by atoms with Crippen LogP contribution < -0.4 is 24.3 Å². The van der Waals surface area contributed by atoms with Gasteiger partial charge < -0.3 is 33.9 Å². The molecule has 2 aromatic carbocycles. The van der Waals surface area contributed by atoms with Gasteiger partial charge in [-0.15, -0.1) is 0 Å². The molecule has 44 heavy (non-hydrogen) atoms. The number of aryl methyl sites for hydroxylation is 2. The van der Waals surface area contributed by atoms with Crippen molar-refractivity contribution in [1.82, 2.24) is 15.1 Å². The van der Waals surface area contributed by atoms with Crippen LogP contribution in [0, 0.1) is 5.92 Å². The van der Waals surface area contributed by atoms with Crippen molar-refractivity contribution in [3.8, 4) is 23.0 Å². The Labute approximate surface area is 258 Å². The maximum absolute atomic E-state index is 13.6. The van der Waals surface area contributed by atoms with Crippen molar-refractivity contribution >= 4 is 17.8 Å². The molecule has 2 fully saturated rings. The van der Waals surface area contributed by atoms with Gasteiger partial charge in [-0.25, -0.2) is 4.79 Å². The summed E-state index contributed by atoms with van der Waals surface area (Å²) < 4.78 is 27.5. The van der Waals surface area contributed by atoms with E-state index in [9.17, 15) is 14.4 Å². The number of methoxy groups -OCH3 is 3. The van der Waals surface area contributed by atoms with Crippen molar-refractivity contribution in [2.75, 3.05) is 47.5 Å². The maximum Gasteiger partial charge on any atom is 0.344 e. The van der Waals surface area contributed by atoms with Gasteiger partial charge in [-0.2, -0.15) is 0 Å². The second-order valence-corrected chi connectivity index (χ2v) is 12.0. The number of epoxide rings is 1. The Hall–Kier alpha value is -3.83. The Morgan fingerprint density at radius 3 is 2.32 bits per heavy atom. The van der Waals surface area contributed by atoms with E-state index in [-0.39, 0.29) is 11.8 Å². The van der Waals surface area contributed by atoms with Gasteiger partial charge in [0.15, 0.2) is 23.7 Å². The van der Waals surface area contributed by atoms with E-state index in [1.807, 2.05) is 38.1 Å². The summed E-state index contributed by atoms with van der Waals surface area (Å²) in [5.74, 6) is 1.20. The molecule has 2 saturated heterocycles. The van der Waals surface area contributed by atoms with E-state index in [1.165, 1.54) is 11.1 Å². The Morgan fingerprint density at radius 1 is 0.909 bits per heavy atom. The number of esters is 1. The molecule has 1 N–H and O–H groups in total. The third kappa shape index (κ3) is 7.10. The zero-order valence-corrected chi connectivity index (χ0v) is 26.2. The van der Waals surface area contributed by atoms with Gasteiger partial charge in [-0.05, 0) is 60.9 Å². The maximum atomic E-state index is 13.6. The zero-order chi connectivity index (χ0) is 31.4. The molecule has 2 heterocycles. The van der Waals surface area contributed by atoms with Crippen LogP contribution in [-0.4, -0.2) is 93.3 Å². The molecule has 0 aromatic heterocycles. The number of nitrogens with one attached hydrogen (secondary N) is 1. The smallest absolute Gasteiger partial charge is 0.344 e. The highest BCUT2D eigenvalue weighted by Crippen LogP contribution is 2.40. The first-order valence-electron chi connectivity index (χ1n) is 15.3. The standard InChI is InChI=1S/C33H43N3O8/c1-20(2)17-25(34-31(37)29-30(44-29)33(39)43-24-11-9-21-7-6-8-22(21)18-24)32(38)36-15-13-35(14-16-36)19-23-10-12-26(40-3)28(42-5)27(23)41-4/h9-12,18,20,25,29-30H,6-8,13-17,19H2,1-5H3,(H,34,37)/t25-,29+,30+/m0/s1. The lowest BCUT2D eigenvalue weighted by molar-refractivity contribution is -0.138. The SMILES string of the molecule is COc1ccc(CN2CCN(C(=O)[C@H](CC(C)C)NC(=O)[C@@H]3O[C@H]3C(=O)Oc3ccc4c(c3)CCC4)CC2)c(OC)c1OC. The lowest BCUT2D eigenvalue weighted by Gasteiger charge is -2.37. The summed E-state index contributed by atoms with van der Waals surface area (Å²) in [6.45, 7) is 7.00. The number of hydrogen-bond donors (Lipinski definition) is 1. The Morgan fingerprint density at radius 2 is 1.64 bits per heavy atom. The summed E-state index contributed by atoms with van der Waals surface area (Å²) in [4.78, 5) is 43.4. The molecule has 0 radical (unpaired) electrons. The number of rotatable bonds is 12. The average molecular weight is 610 g/mol. The minimum absolute atomic E-state index is 0.131. The molecule has 2 aromatic rings. The lowest BCUT2D eigenvalue weighted by atomic mass is 10.0. The number of carbonyl (C=O) groups is 3. The van der Waals surface area contributed by atoms with Crippen LogP contribution in [0.25, 0.3) is 0 Å². The highest BCUT2D eigenvalue weighted by atomic mass is 16.6. The Bertz CT molecular complexity index is 1370. The Kier molecular flexibility index (Phi) is 9.95. The van der Waals surface area contributed by atoms with Gasteiger partial charge in [0.2, 0.25) is 11.7 Å². The fourth-order valence-corrected chi connectivity index (χ4v) is 6.10. The molecule has 5 rings (SSSR count). The van der Waals surface area contributed by atoms with Crippen LogP contribution >= 0.6 is 0 Å². The van der Waals surface area contributed by atoms with Crippen LogP contribution in [0.15, 0.2) is 30.3 Å². The number of fused-ring (bicyclic) bond motifs is 1. The lowest BCUT2D eigenvalue weighted by Crippen LogP contribution is -2.55. The molecule has 11 nitrogen and oxygen atoms in total. The fourth-order valence-electron chi connectivity index (χ4n) is 6.10. The van der Waals surface area contributed by atoms with E-state index in [0.717, 1.165) is 24.8 Å². The normalized spacial score (nSPS) is 20.1. The number of benzene rings is 2. The predicted molar refractivity (Wildman–Crippen MR) is 162 cm³/mol. The molecular weight excluding hydrogens is 566 g/mol. The minimum Gasteiger partial charge on any atom is -0.493 e. The summed E-state index contributed by atoms with van der Waals surface area (Å²) in [6.07, 6.45) is 1.64. The zero-order valence-electron chi connectivity index (χ0n) is 26.2. The number of amides is 2. The van der Waals surface area contributed by atoms with Gasteiger partial charge in [-0.1, -0.05) is 26.0 Å². The quantitative estimate of drug-likeness (QED) is 0.220. The van der Waals surface area contributed by atoms with Gasteiger partial charge in [0.1, 0.15) is 11.8 Å². The van der Waals surface area contributed by atoms with Crippen LogP contribution in [0.3, 0.4) is 0 Å². The van der Waals surface area contributed by atoms with Gasteiger partial charge in [-0.3, -0.25) is 14.5 Å². The van der Waals surface area contributed by atoms with E-state index < -0.39 is 30.1 Å². The first kappa shape index (κ1) is 31.6. The van der Waals surface area contributed by atoms with E-state index in [1.54, 1.807) is 32.3 Å². The van der Waals surface area contributed by atoms with Crippen molar-refractivity contribution < 1.29 is 38.1 Å². The first-order chi connectivity index (χ1) is 21.2. The van der Waals surface area contributed by atoms with Gasteiger partial charge in [0.25, 0.3) is 5.91 Å². The molecule has 0 saturated carbocycles. The van der Waals surface area contributed by atoms with Crippen LogP contribution in [0.2, 0.25) is 0 Å². The molecule has 238 valence electrons. The van der Waals surface area contributed by atoms with E-state index in [0.29, 0.717) is 62.1 Å². The van der Waals surface area contributed by atoms with Crippen LogP contribution in [0.4, 0.5) is 0 Å². The molecule has 0 spiro atoms. The monoisotopic (exact) mass is 609 g/mol. The minimum atomic E-state index is -0.977. The number of piperazine rings is 1. The molecule has 1 aliphatic carbocycles. The molecule has 3 aliphatic rings. The second-order valence-electron chi connectivity index (χ2n) is 12.0. The number of carbonyl (C=O) groups excluding carboxylic acids is 3. The molecule has 2 aliphatic heterocycles. The molecule has 2 amide bonds. The third-order valence-electron chi connectivity index (χ3n) is 8.46.